The molecule has 0 spiro atoms. The van der Waals surface area contributed by atoms with E-state index in [0.29, 0.717) is 6.42 Å². The molecule has 0 bridgehead atoms. The zero-order chi connectivity index (χ0) is 13.2. The van der Waals surface area contributed by atoms with Crippen molar-refractivity contribution in [2.75, 3.05) is 0 Å². The molecule has 0 fully saturated rings. The molecule has 2 rings (SSSR count). The molecule has 0 saturated heterocycles. The Hall–Kier alpha value is -1.75. The van der Waals surface area contributed by atoms with Crippen molar-refractivity contribution in [3.8, 4) is 6.07 Å². The van der Waals surface area contributed by atoms with Gasteiger partial charge in [0, 0.05) is 18.2 Å². The van der Waals surface area contributed by atoms with E-state index in [1.54, 1.807) is 0 Å². The number of furan rings is 1. The highest BCUT2D eigenvalue weighted by atomic mass is 16.3. The first kappa shape index (κ1) is 12.7. The topological polar surface area (TPSA) is 36.9 Å². The van der Waals surface area contributed by atoms with Crippen molar-refractivity contribution in [2.45, 2.75) is 45.4 Å². The van der Waals surface area contributed by atoms with Crippen LogP contribution in [0.4, 0.5) is 0 Å². The van der Waals surface area contributed by atoms with Crippen LogP contribution in [0.5, 0.6) is 0 Å². The van der Waals surface area contributed by atoms with Crippen molar-refractivity contribution >= 4 is 11.0 Å². The van der Waals surface area contributed by atoms with Gasteiger partial charge >= 0.3 is 0 Å². The van der Waals surface area contributed by atoms with Gasteiger partial charge in [-0.1, -0.05) is 32.9 Å². The van der Waals surface area contributed by atoms with Crippen molar-refractivity contribution in [1.29, 1.82) is 5.26 Å². The van der Waals surface area contributed by atoms with Crippen LogP contribution in [0.15, 0.2) is 28.7 Å². The van der Waals surface area contributed by atoms with E-state index >= 15 is 0 Å². The Kier molecular flexibility index (Phi) is 3.43. The molecule has 1 heterocycles. The highest BCUT2D eigenvalue weighted by molar-refractivity contribution is 5.78. The minimum absolute atomic E-state index is 0.141. The number of nitrogens with zero attached hydrogens (tertiary/aromatic N) is 1. The Morgan fingerprint density at radius 2 is 2.00 bits per heavy atom. The molecule has 0 aliphatic rings. The summed E-state index contributed by atoms with van der Waals surface area (Å²) in [5.74, 6) is 0.978. The van der Waals surface area contributed by atoms with E-state index in [4.69, 9.17) is 9.68 Å². The Morgan fingerprint density at radius 1 is 1.22 bits per heavy atom. The maximum Gasteiger partial charge on any atom is 0.134 e. The first-order valence-electron chi connectivity index (χ1n) is 6.40. The van der Waals surface area contributed by atoms with Crippen LogP contribution < -0.4 is 0 Å². The summed E-state index contributed by atoms with van der Waals surface area (Å²) in [7, 11) is 0. The van der Waals surface area contributed by atoms with E-state index < -0.39 is 0 Å². The first-order chi connectivity index (χ1) is 8.50. The zero-order valence-electron chi connectivity index (χ0n) is 11.3. The third-order valence-corrected chi connectivity index (χ3v) is 3.15. The van der Waals surface area contributed by atoms with Crippen LogP contribution in [0.1, 0.15) is 44.9 Å². The number of rotatable bonds is 3. The van der Waals surface area contributed by atoms with Crippen molar-refractivity contribution < 1.29 is 4.42 Å². The minimum Gasteiger partial charge on any atom is -0.461 e. The number of hydrogen-bond acceptors (Lipinski definition) is 2. The van der Waals surface area contributed by atoms with Crippen LogP contribution in [-0.4, -0.2) is 0 Å². The lowest BCUT2D eigenvalue weighted by Crippen LogP contribution is -2.10. The largest absolute Gasteiger partial charge is 0.461 e. The average molecular weight is 241 g/mol. The van der Waals surface area contributed by atoms with Gasteiger partial charge in [0.15, 0.2) is 0 Å². The minimum atomic E-state index is 0.141. The molecule has 1 aromatic carbocycles. The van der Waals surface area contributed by atoms with Crippen molar-refractivity contribution in [3.05, 3.63) is 35.6 Å². The van der Waals surface area contributed by atoms with Crippen LogP contribution >= 0.6 is 0 Å². The van der Waals surface area contributed by atoms with Crippen LogP contribution in [-0.2, 0) is 11.8 Å². The normalized spacial score (nSPS) is 11.7. The maximum atomic E-state index is 8.53. The molecular weight excluding hydrogens is 222 g/mol. The molecule has 0 aliphatic heterocycles. The standard InChI is InChI=1S/C16H19NO/c1-16(2,3)13-8-7-12-10-14(6-4-5-9-17)18-15(12)11-13/h7-8,10-11H,4-6H2,1-3H3. The third-order valence-electron chi connectivity index (χ3n) is 3.15. The molecule has 2 aromatic rings. The van der Waals surface area contributed by atoms with Crippen molar-refractivity contribution in [2.24, 2.45) is 0 Å². The smallest absolute Gasteiger partial charge is 0.134 e. The molecule has 2 nitrogen and oxygen atoms in total. The number of nitriles is 1. The lowest BCUT2D eigenvalue weighted by atomic mass is 9.87. The van der Waals surface area contributed by atoms with E-state index in [1.807, 2.05) is 0 Å². The molecule has 0 radical (unpaired) electrons. The molecule has 0 amide bonds. The van der Waals surface area contributed by atoms with Crippen molar-refractivity contribution in [1.82, 2.24) is 0 Å². The van der Waals surface area contributed by atoms with Crippen LogP contribution in [0.2, 0.25) is 0 Å². The molecule has 94 valence electrons. The summed E-state index contributed by atoms with van der Waals surface area (Å²) in [4.78, 5) is 0. The Morgan fingerprint density at radius 3 is 2.67 bits per heavy atom. The van der Waals surface area contributed by atoms with Crippen LogP contribution in [0, 0.1) is 11.3 Å². The SMILES string of the molecule is CC(C)(C)c1ccc2cc(CCCC#N)oc2c1. The molecule has 1 aromatic heterocycles. The number of fused-ring (bicyclic) bond motifs is 1. The summed E-state index contributed by atoms with van der Waals surface area (Å²) in [5.41, 5.74) is 2.38. The molecule has 0 unspecified atom stereocenters. The summed E-state index contributed by atoms with van der Waals surface area (Å²) < 4.78 is 5.84. The van der Waals surface area contributed by atoms with Gasteiger partial charge in [-0.25, -0.2) is 0 Å². The van der Waals surface area contributed by atoms with Gasteiger partial charge in [-0.2, -0.15) is 5.26 Å². The van der Waals surface area contributed by atoms with Gasteiger partial charge in [0.2, 0.25) is 0 Å². The fraction of sp³-hybridized carbons (Fsp3) is 0.438. The second-order valence-corrected chi connectivity index (χ2v) is 5.73. The van der Waals surface area contributed by atoms with E-state index in [-0.39, 0.29) is 5.41 Å². The summed E-state index contributed by atoms with van der Waals surface area (Å²) in [6, 6.07) is 10.7. The second-order valence-electron chi connectivity index (χ2n) is 5.73. The molecule has 0 aliphatic carbocycles. The van der Waals surface area contributed by atoms with Gasteiger partial charge in [-0.15, -0.1) is 0 Å². The zero-order valence-corrected chi connectivity index (χ0v) is 11.3. The fourth-order valence-electron chi connectivity index (χ4n) is 2.02. The Bertz CT molecular complexity index is 581. The summed E-state index contributed by atoms with van der Waals surface area (Å²) >= 11 is 0. The predicted molar refractivity (Wildman–Crippen MR) is 73.5 cm³/mol. The van der Waals surface area contributed by atoms with Gasteiger partial charge < -0.3 is 4.42 Å². The van der Waals surface area contributed by atoms with Gasteiger partial charge in [-0.05, 0) is 29.5 Å². The number of unbranched alkanes of at least 4 members (excludes halogenated alkanes) is 1. The molecule has 0 atom stereocenters. The summed E-state index contributed by atoms with van der Waals surface area (Å²) in [6.45, 7) is 6.60. The number of aryl methyl sites for hydroxylation is 1. The number of hydrogen-bond donors (Lipinski definition) is 0. The second kappa shape index (κ2) is 4.86. The van der Waals surface area contributed by atoms with Crippen molar-refractivity contribution in [3.63, 3.8) is 0 Å². The molecule has 18 heavy (non-hydrogen) atoms. The molecular formula is C16H19NO. The first-order valence-corrected chi connectivity index (χ1v) is 6.40. The lowest BCUT2D eigenvalue weighted by molar-refractivity contribution is 0.537. The predicted octanol–water partition coefficient (Wildman–Crippen LogP) is 4.58. The lowest BCUT2D eigenvalue weighted by Gasteiger charge is -2.18. The van der Waals surface area contributed by atoms with Crippen LogP contribution in [0.25, 0.3) is 11.0 Å². The fourth-order valence-corrected chi connectivity index (χ4v) is 2.02. The average Bonchev–Trinajstić information content (AvgIpc) is 2.69. The van der Waals surface area contributed by atoms with Gasteiger partial charge in [0.25, 0.3) is 0 Å². The van der Waals surface area contributed by atoms with Gasteiger partial charge in [0.1, 0.15) is 11.3 Å². The maximum absolute atomic E-state index is 8.53. The Balaban J connectivity index is 2.26. The van der Waals surface area contributed by atoms with E-state index in [0.717, 1.165) is 29.6 Å². The van der Waals surface area contributed by atoms with Gasteiger partial charge in [-0.3, -0.25) is 0 Å². The quantitative estimate of drug-likeness (QED) is 0.738. The van der Waals surface area contributed by atoms with Gasteiger partial charge in [0.05, 0.1) is 6.07 Å². The highest BCUT2D eigenvalue weighted by Crippen LogP contribution is 2.28. The van der Waals surface area contributed by atoms with E-state index in [1.165, 1.54) is 5.56 Å². The summed E-state index contributed by atoms with van der Waals surface area (Å²) in [5, 5.41) is 9.68. The molecule has 0 saturated carbocycles. The number of benzene rings is 1. The third kappa shape index (κ3) is 2.73. The van der Waals surface area contributed by atoms with Crippen LogP contribution in [0.3, 0.4) is 0 Å². The van der Waals surface area contributed by atoms with E-state index in [2.05, 4.69) is 51.1 Å². The molecule has 2 heteroatoms. The molecule has 0 N–H and O–H groups in total. The van der Waals surface area contributed by atoms with E-state index in [9.17, 15) is 0 Å². The highest BCUT2D eigenvalue weighted by Gasteiger charge is 2.15. The Labute approximate surface area is 108 Å². The monoisotopic (exact) mass is 241 g/mol. The summed E-state index contributed by atoms with van der Waals surface area (Å²) in [6.07, 6.45) is 2.29.